The minimum atomic E-state index is -4.53. The lowest BCUT2D eigenvalue weighted by Crippen LogP contribution is -2.41. The molecule has 10 heteroatoms. The molecule has 1 atom stereocenters. The fourth-order valence-electron chi connectivity index (χ4n) is 3.42. The van der Waals surface area contributed by atoms with Gasteiger partial charge in [-0.15, -0.1) is 0 Å². The van der Waals surface area contributed by atoms with E-state index in [1.165, 1.54) is 15.9 Å². The highest BCUT2D eigenvalue weighted by atomic mass is 19.4. The molecule has 0 bridgehead atoms. The molecule has 7 nitrogen and oxygen atoms in total. The number of Topliss-reactive ketones (excluding diaryl/α,β-unsaturated/α-hetero) is 1. The van der Waals surface area contributed by atoms with E-state index in [1.807, 2.05) is 20.8 Å². The van der Waals surface area contributed by atoms with Gasteiger partial charge >= 0.3 is 12.2 Å². The van der Waals surface area contributed by atoms with E-state index in [-0.39, 0.29) is 42.7 Å². The Morgan fingerprint density at radius 2 is 1.77 bits per heavy atom. The molecule has 0 aromatic carbocycles. The van der Waals surface area contributed by atoms with Crippen LogP contribution in [-0.4, -0.2) is 50.8 Å². The Labute approximate surface area is 178 Å². The van der Waals surface area contributed by atoms with Crippen LogP contribution < -0.4 is 4.90 Å². The molecule has 3 heterocycles. The van der Waals surface area contributed by atoms with Crippen LogP contribution >= 0.6 is 0 Å². The number of rotatable bonds is 7. The standard InChI is InChI=1S/C21H24F3N5O2/c1-4-14-8-26-19(27-9-14)29-12-17(13(2)3)28(20(29)31)11-16(30)7-15-5-6-18(25-10-15)21(22,23)24/h5-6,8-10,13,17H,4,7,11-12H2,1-3H3/t17-/m1/s1. The third kappa shape index (κ3) is 5.18. The van der Waals surface area contributed by atoms with Crippen molar-refractivity contribution in [2.75, 3.05) is 18.0 Å². The summed E-state index contributed by atoms with van der Waals surface area (Å²) in [6, 6.07) is 1.51. The number of pyridine rings is 1. The molecule has 3 rings (SSSR count). The smallest absolute Gasteiger partial charge is 0.312 e. The highest BCUT2D eigenvalue weighted by Crippen LogP contribution is 2.28. The van der Waals surface area contributed by atoms with Crippen LogP contribution in [0.15, 0.2) is 30.7 Å². The van der Waals surface area contributed by atoms with Crippen molar-refractivity contribution in [3.63, 3.8) is 0 Å². The predicted molar refractivity (Wildman–Crippen MR) is 107 cm³/mol. The van der Waals surface area contributed by atoms with Gasteiger partial charge in [-0.2, -0.15) is 13.2 Å². The maximum absolute atomic E-state index is 13.0. The number of carbonyl (C=O) groups is 2. The summed E-state index contributed by atoms with van der Waals surface area (Å²) in [5.41, 5.74) is 0.303. The number of hydrogen-bond donors (Lipinski definition) is 0. The second kappa shape index (κ2) is 8.99. The van der Waals surface area contributed by atoms with Gasteiger partial charge in [0.1, 0.15) is 5.69 Å². The molecule has 0 unspecified atom stereocenters. The minimum absolute atomic E-state index is 0.0874. The molecule has 2 amide bonds. The van der Waals surface area contributed by atoms with E-state index in [1.54, 1.807) is 12.4 Å². The molecule has 0 N–H and O–H groups in total. The van der Waals surface area contributed by atoms with E-state index in [9.17, 15) is 22.8 Å². The Morgan fingerprint density at radius 1 is 1.13 bits per heavy atom. The van der Waals surface area contributed by atoms with Crippen molar-refractivity contribution in [2.45, 2.75) is 45.8 Å². The Morgan fingerprint density at radius 3 is 2.29 bits per heavy atom. The Bertz CT molecular complexity index is 930. The molecule has 2 aromatic rings. The summed E-state index contributed by atoms with van der Waals surface area (Å²) in [5.74, 6) is 0.0868. The van der Waals surface area contributed by atoms with E-state index in [0.29, 0.717) is 12.1 Å². The lowest BCUT2D eigenvalue weighted by Gasteiger charge is -2.25. The van der Waals surface area contributed by atoms with Gasteiger partial charge in [-0.05, 0) is 29.5 Å². The van der Waals surface area contributed by atoms with Crippen molar-refractivity contribution in [1.82, 2.24) is 19.9 Å². The fraction of sp³-hybridized carbons (Fsp3) is 0.476. The largest absolute Gasteiger partial charge is 0.433 e. The van der Waals surface area contributed by atoms with Gasteiger partial charge in [0.15, 0.2) is 5.78 Å². The van der Waals surface area contributed by atoms with Crippen molar-refractivity contribution in [2.24, 2.45) is 5.92 Å². The van der Waals surface area contributed by atoms with Crippen molar-refractivity contribution in [1.29, 1.82) is 0 Å². The number of hydrogen-bond acceptors (Lipinski definition) is 5. The number of anilines is 1. The number of aromatic nitrogens is 3. The lowest BCUT2D eigenvalue weighted by atomic mass is 10.0. The first-order chi connectivity index (χ1) is 14.6. The molecule has 1 aliphatic rings. The summed E-state index contributed by atoms with van der Waals surface area (Å²) in [7, 11) is 0. The molecule has 0 radical (unpaired) electrons. The normalized spacial score (nSPS) is 17.0. The highest BCUT2D eigenvalue weighted by Gasteiger charge is 2.41. The van der Waals surface area contributed by atoms with Crippen LogP contribution in [0.4, 0.5) is 23.9 Å². The van der Waals surface area contributed by atoms with Gasteiger partial charge in [0.25, 0.3) is 0 Å². The molecule has 31 heavy (non-hydrogen) atoms. The van der Waals surface area contributed by atoms with E-state index < -0.39 is 11.9 Å². The van der Waals surface area contributed by atoms with E-state index >= 15 is 0 Å². The van der Waals surface area contributed by atoms with Crippen molar-refractivity contribution in [3.8, 4) is 0 Å². The zero-order valence-corrected chi connectivity index (χ0v) is 17.6. The summed E-state index contributed by atoms with van der Waals surface area (Å²) < 4.78 is 37.9. The van der Waals surface area contributed by atoms with Crippen LogP contribution in [0.2, 0.25) is 0 Å². The summed E-state index contributed by atoms with van der Waals surface area (Å²) in [6.07, 6.45) is 0.526. The number of urea groups is 1. The maximum Gasteiger partial charge on any atom is 0.433 e. The Kier molecular flexibility index (Phi) is 6.56. The number of ketones is 1. The van der Waals surface area contributed by atoms with Crippen molar-refractivity contribution < 1.29 is 22.8 Å². The SMILES string of the molecule is CCc1cnc(N2C[C@H](C(C)C)N(CC(=O)Cc3ccc(C(F)(F)F)nc3)C2=O)nc1. The molecule has 0 aliphatic carbocycles. The lowest BCUT2D eigenvalue weighted by molar-refractivity contribution is -0.141. The number of nitrogens with zero attached hydrogens (tertiary/aromatic N) is 5. The quantitative estimate of drug-likeness (QED) is 0.665. The van der Waals surface area contributed by atoms with Crippen LogP contribution in [0.1, 0.15) is 37.6 Å². The van der Waals surface area contributed by atoms with Crippen LogP contribution in [0.5, 0.6) is 0 Å². The van der Waals surface area contributed by atoms with Crippen molar-refractivity contribution in [3.05, 3.63) is 47.5 Å². The topological polar surface area (TPSA) is 79.3 Å². The molecule has 1 aliphatic heterocycles. The first-order valence-electron chi connectivity index (χ1n) is 10.0. The number of amides is 2. The van der Waals surface area contributed by atoms with Gasteiger partial charge in [-0.1, -0.05) is 26.8 Å². The summed E-state index contributed by atoms with van der Waals surface area (Å²) >= 11 is 0. The van der Waals surface area contributed by atoms with E-state index in [0.717, 1.165) is 24.2 Å². The number of halogens is 3. The summed E-state index contributed by atoms with van der Waals surface area (Å²) in [4.78, 5) is 40.5. The molecule has 1 saturated heterocycles. The average molecular weight is 435 g/mol. The first kappa shape index (κ1) is 22.6. The third-order valence-corrected chi connectivity index (χ3v) is 5.22. The predicted octanol–water partition coefficient (Wildman–Crippen LogP) is 3.53. The zero-order chi connectivity index (χ0) is 22.8. The first-order valence-corrected chi connectivity index (χ1v) is 10.0. The third-order valence-electron chi connectivity index (χ3n) is 5.22. The van der Waals surface area contributed by atoms with Crippen LogP contribution in [0.3, 0.4) is 0 Å². The molecular weight excluding hydrogens is 411 g/mol. The highest BCUT2D eigenvalue weighted by molar-refractivity contribution is 5.96. The second-order valence-corrected chi connectivity index (χ2v) is 7.84. The molecular formula is C21H24F3N5O2. The van der Waals surface area contributed by atoms with Crippen LogP contribution in [0, 0.1) is 5.92 Å². The van der Waals surface area contributed by atoms with E-state index in [2.05, 4.69) is 15.0 Å². The molecule has 0 spiro atoms. The molecule has 2 aromatic heterocycles. The number of alkyl halides is 3. The molecule has 1 fully saturated rings. The second-order valence-electron chi connectivity index (χ2n) is 7.84. The van der Waals surface area contributed by atoms with E-state index in [4.69, 9.17) is 0 Å². The van der Waals surface area contributed by atoms with Gasteiger partial charge in [0, 0.05) is 25.0 Å². The maximum atomic E-state index is 13.0. The fourth-order valence-corrected chi connectivity index (χ4v) is 3.42. The van der Waals surface area contributed by atoms with Gasteiger partial charge in [0.05, 0.1) is 19.1 Å². The van der Waals surface area contributed by atoms with Gasteiger partial charge < -0.3 is 4.90 Å². The van der Waals surface area contributed by atoms with Crippen LogP contribution in [-0.2, 0) is 23.8 Å². The van der Waals surface area contributed by atoms with Gasteiger partial charge in [0.2, 0.25) is 5.95 Å². The van der Waals surface area contributed by atoms with Crippen molar-refractivity contribution >= 4 is 17.8 Å². The molecule has 166 valence electrons. The van der Waals surface area contributed by atoms with Gasteiger partial charge in [-0.25, -0.2) is 14.8 Å². The van der Waals surface area contributed by atoms with Gasteiger partial charge in [-0.3, -0.25) is 14.7 Å². The minimum Gasteiger partial charge on any atom is -0.312 e. The monoisotopic (exact) mass is 435 g/mol. The Balaban J connectivity index is 1.70. The summed E-state index contributed by atoms with van der Waals surface area (Å²) in [5, 5.41) is 0. The number of carbonyl (C=O) groups excluding carboxylic acids is 2. The van der Waals surface area contributed by atoms with Crippen LogP contribution in [0.25, 0.3) is 0 Å². The molecule has 0 saturated carbocycles. The zero-order valence-electron chi connectivity index (χ0n) is 17.6. The average Bonchev–Trinajstić information content (AvgIpc) is 3.04. The Hall–Kier alpha value is -3.04. The number of aryl methyl sites for hydroxylation is 1. The summed E-state index contributed by atoms with van der Waals surface area (Å²) in [6.45, 7) is 6.11.